The van der Waals surface area contributed by atoms with Gasteiger partial charge in [0.25, 0.3) is 0 Å². The highest BCUT2D eigenvalue weighted by atomic mass is 35.5. The Morgan fingerprint density at radius 2 is 1.86 bits per heavy atom. The molecule has 0 saturated carbocycles. The van der Waals surface area contributed by atoms with Gasteiger partial charge < -0.3 is 5.32 Å². The highest BCUT2D eigenvalue weighted by Crippen LogP contribution is 2.27. The van der Waals surface area contributed by atoms with Crippen molar-refractivity contribution in [2.75, 3.05) is 5.32 Å². The largest absolute Gasteiger partial charge is 0.344 e. The fraction of sp³-hybridized carbons (Fsp3) is 0.500. The highest BCUT2D eigenvalue weighted by molar-refractivity contribution is 7.18. The first kappa shape index (κ1) is 22.3. The number of halogens is 1. The smallest absolute Gasteiger partial charge is 0.249 e. The Hall–Kier alpha value is -1.99. The second-order valence-corrected chi connectivity index (χ2v) is 8.21. The van der Waals surface area contributed by atoms with E-state index in [9.17, 15) is 9.59 Å². The summed E-state index contributed by atoms with van der Waals surface area (Å²) in [4.78, 5) is 25.0. The van der Waals surface area contributed by atoms with Crippen molar-refractivity contribution in [1.29, 1.82) is 0 Å². The van der Waals surface area contributed by atoms with Gasteiger partial charge in [0.1, 0.15) is 11.0 Å². The van der Waals surface area contributed by atoms with Crippen LogP contribution in [-0.4, -0.2) is 28.1 Å². The minimum Gasteiger partial charge on any atom is -0.344 e. The molecule has 8 heteroatoms. The third kappa shape index (κ3) is 6.56. The first-order valence-electron chi connectivity index (χ1n) is 9.64. The molecule has 1 aromatic carbocycles. The molecule has 0 radical (unpaired) electrons. The fourth-order valence-corrected chi connectivity index (χ4v) is 3.53. The summed E-state index contributed by atoms with van der Waals surface area (Å²) in [5.41, 5.74) is 0.880. The molecule has 2 N–H and O–H groups in total. The number of nitrogens with zero attached hydrogens (tertiary/aromatic N) is 2. The van der Waals surface area contributed by atoms with E-state index < -0.39 is 6.04 Å². The van der Waals surface area contributed by atoms with Crippen molar-refractivity contribution in [2.45, 2.75) is 58.9 Å². The predicted molar refractivity (Wildman–Crippen MR) is 115 cm³/mol. The number of carbonyl (C=O) groups excluding carboxylic acids is 2. The first-order chi connectivity index (χ1) is 13.4. The van der Waals surface area contributed by atoms with Crippen molar-refractivity contribution in [3.8, 4) is 10.6 Å². The van der Waals surface area contributed by atoms with Crippen LogP contribution < -0.4 is 10.6 Å². The van der Waals surface area contributed by atoms with E-state index >= 15 is 0 Å². The Labute approximate surface area is 175 Å². The van der Waals surface area contributed by atoms with Crippen LogP contribution in [0.2, 0.25) is 5.02 Å². The van der Waals surface area contributed by atoms with Gasteiger partial charge in [0.15, 0.2) is 0 Å². The Kier molecular flexibility index (Phi) is 8.86. The van der Waals surface area contributed by atoms with Crippen LogP contribution in [0.3, 0.4) is 0 Å². The molecule has 2 atom stereocenters. The molecule has 0 saturated heterocycles. The summed E-state index contributed by atoms with van der Waals surface area (Å²) in [7, 11) is 0. The standard InChI is InChI=1S/C20H27ClN4O2S/c1-4-6-7-8-16(26)22-17(13(3)5-2)18(27)23-20-25-24-19(28-20)14-9-11-15(21)12-10-14/h9-13,17H,4-8H2,1-3H3,(H,22,26)(H,23,25,27)/t13-,17-/m0/s1. The lowest BCUT2D eigenvalue weighted by atomic mass is 9.98. The molecule has 0 unspecified atom stereocenters. The van der Waals surface area contributed by atoms with Gasteiger partial charge in [-0.25, -0.2) is 0 Å². The number of carbonyl (C=O) groups is 2. The Bertz CT molecular complexity index is 779. The number of hydrogen-bond donors (Lipinski definition) is 2. The second kappa shape index (κ2) is 11.1. The van der Waals surface area contributed by atoms with E-state index in [1.807, 2.05) is 26.0 Å². The number of amides is 2. The lowest BCUT2D eigenvalue weighted by Crippen LogP contribution is -2.47. The summed E-state index contributed by atoms with van der Waals surface area (Å²) in [5, 5.41) is 15.6. The number of nitrogens with one attached hydrogen (secondary N) is 2. The predicted octanol–water partition coefficient (Wildman–Crippen LogP) is 4.91. The average molecular weight is 423 g/mol. The summed E-state index contributed by atoms with van der Waals surface area (Å²) in [6.45, 7) is 6.04. The molecule has 0 aliphatic carbocycles. The highest BCUT2D eigenvalue weighted by Gasteiger charge is 2.26. The van der Waals surface area contributed by atoms with Gasteiger partial charge in [0, 0.05) is 17.0 Å². The van der Waals surface area contributed by atoms with Crippen LogP contribution in [0.25, 0.3) is 10.6 Å². The number of hydrogen-bond acceptors (Lipinski definition) is 5. The zero-order valence-corrected chi connectivity index (χ0v) is 18.1. The first-order valence-corrected chi connectivity index (χ1v) is 10.8. The number of unbranched alkanes of at least 4 members (excludes halogenated alkanes) is 2. The molecule has 152 valence electrons. The normalized spacial score (nSPS) is 13.0. The molecule has 0 fully saturated rings. The van der Waals surface area contributed by atoms with Crippen LogP contribution >= 0.6 is 22.9 Å². The van der Waals surface area contributed by atoms with E-state index in [1.165, 1.54) is 11.3 Å². The molecule has 2 rings (SSSR count). The van der Waals surface area contributed by atoms with Gasteiger partial charge in [-0.05, 0) is 24.5 Å². The topological polar surface area (TPSA) is 84.0 Å². The summed E-state index contributed by atoms with van der Waals surface area (Å²) in [6, 6.07) is 6.68. The van der Waals surface area contributed by atoms with Gasteiger partial charge in [-0.3, -0.25) is 14.9 Å². The minimum absolute atomic E-state index is 0.0128. The monoisotopic (exact) mass is 422 g/mol. The van der Waals surface area contributed by atoms with Crippen molar-refractivity contribution >= 4 is 39.9 Å². The summed E-state index contributed by atoms with van der Waals surface area (Å²) >= 11 is 7.19. The van der Waals surface area contributed by atoms with Crippen LogP contribution in [0, 0.1) is 5.92 Å². The summed E-state index contributed by atoms with van der Waals surface area (Å²) < 4.78 is 0. The van der Waals surface area contributed by atoms with E-state index in [2.05, 4.69) is 27.8 Å². The lowest BCUT2D eigenvalue weighted by Gasteiger charge is -2.23. The molecular formula is C20H27ClN4O2S. The van der Waals surface area contributed by atoms with Crippen LogP contribution in [0.4, 0.5) is 5.13 Å². The maximum absolute atomic E-state index is 12.8. The van der Waals surface area contributed by atoms with Crippen molar-refractivity contribution in [3.63, 3.8) is 0 Å². The van der Waals surface area contributed by atoms with Crippen molar-refractivity contribution in [2.24, 2.45) is 5.92 Å². The molecule has 0 aliphatic heterocycles. The maximum Gasteiger partial charge on any atom is 0.249 e. The number of benzene rings is 1. The molecule has 2 amide bonds. The van der Waals surface area contributed by atoms with Crippen LogP contribution in [0.1, 0.15) is 52.9 Å². The molecule has 0 spiro atoms. The third-order valence-corrected chi connectivity index (χ3v) is 5.71. The van der Waals surface area contributed by atoms with Gasteiger partial charge in [0.05, 0.1) is 0 Å². The molecule has 0 bridgehead atoms. The Morgan fingerprint density at radius 3 is 2.50 bits per heavy atom. The second-order valence-electron chi connectivity index (χ2n) is 6.80. The zero-order valence-electron chi connectivity index (χ0n) is 16.5. The maximum atomic E-state index is 12.8. The number of rotatable bonds is 10. The minimum atomic E-state index is -0.595. The van der Waals surface area contributed by atoms with E-state index in [1.54, 1.807) is 12.1 Å². The molecule has 0 aliphatic rings. The van der Waals surface area contributed by atoms with Gasteiger partial charge in [-0.15, -0.1) is 10.2 Å². The van der Waals surface area contributed by atoms with E-state index in [4.69, 9.17) is 11.6 Å². The Morgan fingerprint density at radius 1 is 1.14 bits per heavy atom. The molecule has 1 aromatic heterocycles. The molecule has 6 nitrogen and oxygen atoms in total. The van der Waals surface area contributed by atoms with E-state index in [-0.39, 0.29) is 17.7 Å². The van der Waals surface area contributed by atoms with E-state index in [0.29, 0.717) is 21.6 Å². The van der Waals surface area contributed by atoms with Gasteiger partial charge in [-0.2, -0.15) is 0 Å². The summed E-state index contributed by atoms with van der Waals surface area (Å²) in [6.07, 6.45) is 4.10. The van der Waals surface area contributed by atoms with Gasteiger partial charge in [0.2, 0.25) is 16.9 Å². The molecule has 28 heavy (non-hydrogen) atoms. The van der Waals surface area contributed by atoms with Gasteiger partial charge >= 0.3 is 0 Å². The average Bonchev–Trinajstić information content (AvgIpc) is 3.14. The zero-order chi connectivity index (χ0) is 20.5. The van der Waals surface area contributed by atoms with Crippen LogP contribution in [0.5, 0.6) is 0 Å². The number of anilines is 1. The van der Waals surface area contributed by atoms with Gasteiger partial charge in [-0.1, -0.05) is 75.1 Å². The fourth-order valence-electron chi connectivity index (χ4n) is 2.65. The molecule has 1 heterocycles. The van der Waals surface area contributed by atoms with Crippen LogP contribution in [0.15, 0.2) is 24.3 Å². The van der Waals surface area contributed by atoms with Crippen molar-refractivity contribution in [1.82, 2.24) is 15.5 Å². The molecule has 2 aromatic rings. The lowest BCUT2D eigenvalue weighted by molar-refractivity contribution is -0.127. The number of aromatic nitrogens is 2. The quantitative estimate of drug-likeness (QED) is 0.533. The van der Waals surface area contributed by atoms with Crippen LogP contribution in [-0.2, 0) is 9.59 Å². The molecular weight excluding hydrogens is 396 g/mol. The summed E-state index contributed by atoms with van der Waals surface area (Å²) in [5.74, 6) is -0.344. The Balaban J connectivity index is 2.02. The third-order valence-electron chi connectivity index (χ3n) is 4.57. The van der Waals surface area contributed by atoms with Crippen molar-refractivity contribution in [3.05, 3.63) is 29.3 Å². The van der Waals surface area contributed by atoms with Crippen molar-refractivity contribution < 1.29 is 9.59 Å². The SMILES string of the molecule is CCCCCC(=O)N[C@H](C(=O)Nc1nnc(-c2ccc(Cl)cc2)s1)[C@@H](C)CC. The van der Waals surface area contributed by atoms with E-state index in [0.717, 1.165) is 31.2 Å².